The number of likely N-dealkylation sites (tertiary alicyclic amines) is 1. The van der Waals surface area contributed by atoms with E-state index in [1.165, 1.54) is 16.9 Å². The minimum Gasteiger partial charge on any atom is -1.00 e. The molecular weight excluding hydrogens is 329 g/mol. The number of rotatable bonds is 4. The van der Waals surface area contributed by atoms with Crippen LogP contribution in [0.15, 0.2) is 30.6 Å². The first-order valence-electron chi connectivity index (χ1n) is 7.28. The fourth-order valence-electron chi connectivity index (χ4n) is 2.58. The summed E-state index contributed by atoms with van der Waals surface area (Å²) in [5, 5.41) is 13.5. The average molecular weight is 346 g/mol. The standard InChI is InChI=1S/C15H16F2N4O2.Na.H/c16-15(17)4-8-20(9-5-15)10-11-3-7-21(19-11)13-12(14(22)23)2-1-6-18-13;;/h1-3,6-7H,4-5,8-10H2,(H,22,23);;/q;+1;-1. The van der Waals surface area contributed by atoms with Crippen LogP contribution in [0.2, 0.25) is 0 Å². The molecule has 0 saturated carbocycles. The number of carboxylic acid groups (broad SMARTS) is 1. The Kier molecular flexibility index (Phi) is 6.08. The molecule has 24 heavy (non-hydrogen) atoms. The zero-order chi connectivity index (χ0) is 16.4. The quantitative estimate of drug-likeness (QED) is 0.743. The van der Waals surface area contributed by atoms with Gasteiger partial charge in [-0.2, -0.15) is 5.10 Å². The Morgan fingerprint density at radius 3 is 2.71 bits per heavy atom. The minimum absolute atomic E-state index is 0. The molecule has 0 unspecified atom stereocenters. The fraction of sp³-hybridized carbons (Fsp3) is 0.400. The van der Waals surface area contributed by atoms with Crippen LogP contribution in [0.25, 0.3) is 5.82 Å². The van der Waals surface area contributed by atoms with Crippen LogP contribution in [0, 0.1) is 0 Å². The van der Waals surface area contributed by atoms with Crippen molar-refractivity contribution in [3.63, 3.8) is 0 Å². The molecule has 9 heteroatoms. The topological polar surface area (TPSA) is 71.2 Å². The zero-order valence-electron chi connectivity index (χ0n) is 14.3. The predicted molar refractivity (Wildman–Crippen MR) is 78.9 cm³/mol. The van der Waals surface area contributed by atoms with Crippen LogP contribution < -0.4 is 29.6 Å². The number of hydrogen-bond acceptors (Lipinski definition) is 4. The van der Waals surface area contributed by atoms with Crippen molar-refractivity contribution < 1.29 is 49.7 Å². The summed E-state index contributed by atoms with van der Waals surface area (Å²) in [4.78, 5) is 17.2. The molecule has 2 aromatic rings. The number of hydrogen-bond donors (Lipinski definition) is 1. The fourth-order valence-corrected chi connectivity index (χ4v) is 2.58. The molecular formula is C15H17F2N4NaO2. The number of pyridine rings is 1. The molecule has 0 spiro atoms. The summed E-state index contributed by atoms with van der Waals surface area (Å²) in [6.45, 7) is 1.10. The summed E-state index contributed by atoms with van der Waals surface area (Å²) in [6.07, 6.45) is 2.84. The molecule has 0 aliphatic carbocycles. The van der Waals surface area contributed by atoms with E-state index >= 15 is 0 Å². The van der Waals surface area contributed by atoms with Gasteiger partial charge in [0.15, 0.2) is 5.82 Å². The summed E-state index contributed by atoms with van der Waals surface area (Å²) in [5.41, 5.74) is 0.747. The van der Waals surface area contributed by atoms with Gasteiger partial charge in [0.25, 0.3) is 5.92 Å². The molecule has 0 aromatic carbocycles. The van der Waals surface area contributed by atoms with E-state index in [0.717, 1.165) is 0 Å². The smallest absolute Gasteiger partial charge is 1.00 e. The van der Waals surface area contributed by atoms with Gasteiger partial charge in [0.2, 0.25) is 0 Å². The van der Waals surface area contributed by atoms with Crippen LogP contribution in [-0.2, 0) is 6.54 Å². The third-order valence-electron chi connectivity index (χ3n) is 3.85. The third kappa shape index (κ3) is 4.38. The first-order valence-corrected chi connectivity index (χ1v) is 7.28. The molecule has 1 saturated heterocycles. The molecule has 124 valence electrons. The molecule has 0 bridgehead atoms. The van der Waals surface area contributed by atoms with E-state index in [0.29, 0.717) is 25.3 Å². The van der Waals surface area contributed by atoms with Crippen molar-refractivity contribution in [1.82, 2.24) is 19.7 Å². The maximum Gasteiger partial charge on any atom is 1.00 e. The van der Waals surface area contributed by atoms with E-state index in [1.807, 2.05) is 4.90 Å². The Morgan fingerprint density at radius 1 is 1.33 bits per heavy atom. The van der Waals surface area contributed by atoms with Gasteiger partial charge in [0, 0.05) is 44.9 Å². The summed E-state index contributed by atoms with van der Waals surface area (Å²) < 4.78 is 27.7. The Hall–Kier alpha value is -1.35. The molecule has 1 aliphatic heterocycles. The van der Waals surface area contributed by atoms with Gasteiger partial charge < -0.3 is 6.53 Å². The van der Waals surface area contributed by atoms with E-state index in [1.54, 1.807) is 18.3 Å². The molecule has 1 N–H and O–H groups in total. The van der Waals surface area contributed by atoms with E-state index in [9.17, 15) is 18.7 Å². The van der Waals surface area contributed by atoms with Crippen LogP contribution in [0.1, 0.15) is 30.3 Å². The molecule has 0 atom stereocenters. The summed E-state index contributed by atoms with van der Waals surface area (Å²) in [7, 11) is 0. The maximum absolute atomic E-state index is 13.2. The van der Waals surface area contributed by atoms with Crippen LogP contribution >= 0.6 is 0 Å². The Balaban J connectivity index is 0.00000156. The molecule has 0 amide bonds. The van der Waals surface area contributed by atoms with Gasteiger partial charge in [-0.05, 0) is 18.2 Å². The van der Waals surface area contributed by atoms with Crippen LogP contribution in [-0.4, -0.2) is 49.8 Å². The van der Waals surface area contributed by atoms with Gasteiger partial charge in [0.1, 0.15) is 5.56 Å². The second-order valence-corrected chi connectivity index (χ2v) is 5.56. The summed E-state index contributed by atoms with van der Waals surface area (Å²) in [6, 6.07) is 4.75. The van der Waals surface area contributed by atoms with Gasteiger partial charge in [-0.25, -0.2) is 23.2 Å². The van der Waals surface area contributed by atoms with Crippen molar-refractivity contribution >= 4 is 5.97 Å². The van der Waals surface area contributed by atoms with Crippen LogP contribution in [0.3, 0.4) is 0 Å². The monoisotopic (exact) mass is 346 g/mol. The van der Waals surface area contributed by atoms with Crippen molar-refractivity contribution in [2.45, 2.75) is 25.3 Å². The van der Waals surface area contributed by atoms with Gasteiger partial charge in [-0.15, -0.1) is 0 Å². The van der Waals surface area contributed by atoms with E-state index in [4.69, 9.17) is 0 Å². The Morgan fingerprint density at radius 2 is 2.04 bits per heavy atom. The molecule has 1 aliphatic rings. The number of halogens is 2. The SMILES string of the molecule is O=C(O)c1cccnc1-n1ccc(CN2CCC(F)(F)CC2)n1.[H-].[Na+]. The van der Waals surface area contributed by atoms with Crippen LogP contribution in [0.4, 0.5) is 8.78 Å². The number of aromatic carboxylic acids is 1. The van der Waals surface area contributed by atoms with E-state index < -0.39 is 11.9 Å². The number of alkyl halides is 2. The van der Waals surface area contributed by atoms with Crippen LogP contribution in [0.5, 0.6) is 0 Å². The van der Waals surface area contributed by atoms with Crippen molar-refractivity contribution in [2.24, 2.45) is 0 Å². The molecule has 1 fully saturated rings. The van der Waals surface area contributed by atoms with Crippen molar-refractivity contribution in [3.05, 3.63) is 41.9 Å². The largest absolute Gasteiger partial charge is 1.00 e. The first kappa shape index (κ1) is 19.0. The van der Waals surface area contributed by atoms with E-state index in [-0.39, 0.29) is 55.2 Å². The maximum atomic E-state index is 13.2. The molecule has 3 rings (SSSR count). The number of carbonyl (C=O) groups is 1. The second-order valence-electron chi connectivity index (χ2n) is 5.56. The molecule has 2 aromatic heterocycles. The zero-order valence-corrected chi connectivity index (χ0v) is 15.3. The predicted octanol–water partition coefficient (Wildman–Crippen LogP) is -0.687. The normalized spacial score (nSPS) is 17.2. The molecule has 3 heterocycles. The summed E-state index contributed by atoms with van der Waals surface area (Å²) in [5.74, 6) is -3.42. The van der Waals surface area contributed by atoms with Gasteiger partial charge >= 0.3 is 35.5 Å². The summed E-state index contributed by atoms with van der Waals surface area (Å²) >= 11 is 0. The molecule has 6 nitrogen and oxygen atoms in total. The number of carboxylic acids is 1. The van der Waals surface area contributed by atoms with Crippen molar-refractivity contribution in [1.29, 1.82) is 0 Å². The third-order valence-corrected chi connectivity index (χ3v) is 3.85. The van der Waals surface area contributed by atoms with Crippen molar-refractivity contribution in [3.8, 4) is 5.82 Å². The molecule has 0 radical (unpaired) electrons. The van der Waals surface area contributed by atoms with E-state index in [2.05, 4.69) is 10.1 Å². The van der Waals surface area contributed by atoms with Crippen molar-refractivity contribution in [2.75, 3.05) is 13.1 Å². The number of piperidine rings is 1. The van der Waals surface area contributed by atoms with Gasteiger partial charge in [0.05, 0.1) is 5.69 Å². The Labute approximate surface area is 161 Å². The first-order chi connectivity index (χ1) is 10.9. The average Bonchev–Trinajstić information content (AvgIpc) is 2.98. The Bertz CT molecular complexity index is 719. The van der Waals surface area contributed by atoms with Gasteiger partial charge in [-0.3, -0.25) is 4.90 Å². The number of nitrogens with zero attached hydrogens (tertiary/aromatic N) is 4. The minimum atomic E-state index is -2.57. The second kappa shape index (κ2) is 7.69. The number of aromatic nitrogens is 3. The van der Waals surface area contributed by atoms with Gasteiger partial charge in [-0.1, -0.05) is 0 Å².